The van der Waals surface area contributed by atoms with Gasteiger partial charge in [0.25, 0.3) is 10.0 Å². The minimum atomic E-state index is -3.87. The van der Waals surface area contributed by atoms with E-state index in [4.69, 9.17) is 4.52 Å². The van der Waals surface area contributed by atoms with Crippen molar-refractivity contribution < 1.29 is 22.8 Å². The number of likely N-dealkylation sites (N-methyl/N-ethyl adjacent to an activating group) is 1. The summed E-state index contributed by atoms with van der Waals surface area (Å²) in [6.45, 7) is 6.01. The van der Waals surface area contributed by atoms with Crippen molar-refractivity contribution >= 4 is 27.5 Å². The number of aromatic carboxylic acids is 1. The number of aryl methyl sites for hydroxylation is 3. The normalized spacial score (nSPS) is 11.4. The van der Waals surface area contributed by atoms with E-state index in [-0.39, 0.29) is 22.0 Å². The monoisotopic (exact) mass is 444 g/mol. The molecule has 0 atom stereocenters. The maximum atomic E-state index is 12.6. The summed E-state index contributed by atoms with van der Waals surface area (Å²) >= 11 is 0. The second-order valence-corrected chi connectivity index (χ2v) is 8.98. The van der Waals surface area contributed by atoms with Gasteiger partial charge in [0.15, 0.2) is 0 Å². The summed E-state index contributed by atoms with van der Waals surface area (Å²) in [6.07, 6.45) is 1.90. The van der Waals surface area contributed by atoms with Crippen LogP contribution in [0.25, 0.3) is 0 Å². The van der Waals surface area contributed by atoms with Crippen LogP contribution in [0.5, 0.6) is 0 Å². The number of carboxylic acid groups (broad SMARTS) is 1. The van der Waals surface area contributed by atoms with E-state index in [0.717, 1.165) is 22.6 Å². The number of nitrogens with one attached hydrogen (secondary N) is 1. The Morgan fingerprint density at radius 1 is 1.19 bits per heavy atom. The van der Waals surface area contributed by atoms with Gasteiger partial charge in [0, 0.05) is 19.2 Å². The molecule has 9 nitrogen and oxygen atoms in total. The predicted molar refractivity (Wildman–Crippen MR) is 116 cm³/mol. The van der Waals surface area contributed by atoms with Crippen molar-refractivity contribution in [2.75, 3.05) is 23.2 Å². The summed E-state index contributed by atoms with van der Waals surface area (Å²) in [5.74, 6) is -0.251. The lowest BCUT2D eigenvalue weighted by molar-refractivity contribution is 0.0697. The first-order valence-corrected chi connectivity index (χ1v) is 11.0. The quantitative estimate of drug-likeness (QED) is 0.543. The molecule has 0 bridgehead atoms. The van der Waals surface area contributed by atoms with E-state index in [9.17, 15) is 18.3 Å². The van der Waals surface area contributed by atoms with Gasteiger partial charge in [0.1, 0.15) is 17.1 Å². The third kappa shape index (κ3) is 5.02. The Hall–Kier alpha value is -3.40. The highest BCUT2D eigenvalue weighted by Crippen LogP contribution is 2.24. The second kappa shape index (κ2) is 8.76. The Balaban J connectivity index is 1.82. The number of aromatic nitrogens is 2. The summed E-state index contributed by atoms with van der Waals surface area (Å²) in [7, 11) is -2.14. The molecule has 0 radical (unpaired) electrons. The molecular weight excluding hydrogens is 420 g/mol. The van der Waals surface area contributed by atoms with E-state index >= 15 is 0 Å². The molecule has 0 saturated heterocycles. The summed E-state index contributed by atoms with van der Waals surface area (Å²) in [6, 6.07) is 7.61. The summed E-state index contributed by atoms with van der Waals surface area (Å²) in [4.78, 5) is 17.8. The van der Waals surface area contributed by atoms with E-state index in [2.05, 4.69) is 14.9 Å². The smallest absolute Gasteiger partial charge is 0.339 e. The Kier molecular flexibility index (Phi) is 6.30. The van der Waals surface area contributed by atoms with Gasteiger partial charge in [0.05, 0.1) is 22.5 Å². The molecule has 3 rings (SSSR count). The molecule has 0 saturated carbocycles. The van der Waals surface area contributed by atoms with Crippen LogP contribution in [-0.4, -0.2) is 43.2 Å². The largest absolute Gasteiger partial charge is 0.478 e. The number of carboxylic acids is 1. The molecule has 31 heavy (non-hydrogen) atoms. The van der Waals surface area contributed by atoms with Crippen molar-refractivity contribution in [1.29, 1.82) is 0 Å². The number of carbonyl (C=O) groups is 1. The Labute approximate surface area is 180 Å². The summed E-state index contributed by atoms with van der Waals surface area (Å²) < 4.78 is 32.7. The fourth-order valence-electron chi connectivity index (χ4n) is 3.15. The lowest BCUT2D eigenvalue weighted by Crippen LogP contribution is -2.24. The van der Waals surface area contributed by atoms with Gasteiger partial charge in [0.2, 0.25) is 0 Å². The number of rotatable bonds is 8. The molecule has 0 unspecified atom stereocenters. The standard InChI is InChI=1S/C21H24N4O5S/c1-13-5-7-17(8-6-13)31(28,29)24-16-11-19(21(26)27)20(22-12-16)25(4)10-9-18-14(2)23-30-15(18)3/h5-8,11-12,24H,9-10H2,1-4H3,(H,26,27). The Bertz CT molecular complexity index is 1180. The summed E-state index contributed by atoms with van der Waals surface area (Å²) in [5.41, 5.74) is 2.65. The highest BCUT2D eigenvalue weighted by atomic mass is 32.2. The van der Waals surface area contributed by atoms with E-state index in [1.807, 2.05) is 20.8 Å². The van der Waals surface area contributed by atoms with Gasteiger partial charge in [-0.3, -0.25) is 4.72 Å². The van der Waals surface area contributed by atoms with Gasteiger partial charge in [-0.25, -0.2) is 18.2 Å². The predicted octanol–water partition coefficient (Wildman–Crippen LogP) is 3.17. The van der Waals surface area contributed by atoms with Crippen LogP contribution in [0.4, 0.5) is 11.5 Å². The van der Waals surface area contributed by atoms with Crippen LogP contribution in [0, 0.1) is 20.8 Å². The van der Waals surface area contributed by atoms with Gasteiger partial charge >= 0.3 is 5.97 Å². The number of hydrogen-bond acceptors (Lipinski definition) is 7. The van der Waals surface area contributed by atoms with E-state index < -0.39 is 16.0 Å². The lowest BCUT2D eigenvalue weighted by Gasteiger charge is -2.20. The second-order valence-electron chi connectivity index (χ2n) is 7.29. The maximum absolute atomic E-state index is 12.6. The number of anilines is 2. The molecule has 0 aliphatic rings. The molecular formula is C21H24N4O5S. The molecule has 3 aromatic rings. The van der Waals surface area contributed by atoms with Crippen LogP contribution in [0.2, 0.25) is 0 Å². The minimum Gasteiger partial charge on any atom is -0.478 e. The van der Waals surface area contributed by atoms with Crippen LogP contribution in [0.3, 0.4) is 0 Å². The van der Waals surface area contributed by atoms with Gasteiger partial charge in [-0.2, -0.15) is 0 Å². The summed E-state index contributed by atoms with van der Waals surface area (Å²) in [5, 5.41) is 13.6. The van der Waals surface area contributed by atoms with Crippen LogP contribution in [0.1, 0.15) is 32.9 Å². The van der Waals surface area contributed by atoms with Crippen molar-refractivity contribution in [2.45, 2.75) is 32.1 Å². The van der Waals surface area contributed by atoms with Gasteiger partial charge < -0.3 is 14.5 Å². The van der Waals surface area contributed by atoms with Crippen molar-refractivity contribution in [1.82, 2.24) is 10.1 Å². The van der Waals surface area contributed by atoms with Crippen LogP contribution in [0.15, 0.2) is 45.9 Å². The van der Waals surface area contributed by atoms with Crippen molar-refractivity contribution in [3.63, 3.8) is 0 Å². The van der Waals surface area contributed by atoms with Crippen molar-refractivity contribution in [2.24, 2.45) is 0 Å². The van der Waals surface area contributed by atoms with Crippen molar-refractivity contribution in [3.8, 4) is 0 Å². The molecule has 1 aromatic carbocycles. The number of hydrogen-bond donors (Lipinski definition) is 2. The first kappa shape index (κ1) is 22.3. The van der Waals surface area contributed by atoms with E-state index in [0.29, 0.717) is 13.0 Å². The van der Waals surface area contributed by atoms with Crippen LogP contribution < -0.4 is 9.62 Å². The highest BCUT2D eigenvalue weighted by molar-refractivity contribution is 7.92. The fourth-order valence-corrected chi connectivity index (χ4v) is 4.18. The molecule has 0 fully saturated rings. The molecule has 164 valence electrons. The molecule has 0 aliphatic carbocycles. The Morgan fingerprint density at radius 3 is 2.45 bits per heavy atom. The zero-order valence-corrected chi connectivity index (χ0v) is 18.5. The maximum Gasteiger partial charge on any atom is 0.339 e. The first-order valence-electron chi connectivity index (χ1n) is 9.54. The van der Waals surface area contributed by atoms with E-state index in [1.54, 1.807) is 24.1 Å². The lowest BCUT2D eigenvalue weighted by atomic mass is 10.1. The molecule has 0 aliphatic heterocycles. The molecule has 2 heterocycles. The third-order valence-electron chi connectivity index (χ3n) is 4.92. The fraction of sp³-hybridized carbons (Fsp3) is 0.286. The molecule has 2 N–H and O–H groups in total. The zero-order valence-electron chi connectivity index (χ0n) is 17.7. The van der Waals surface area contributed by atoms with Gasteiger partial charge in [-0.15, -0.1) is 0 Å². The number of nitrogens with zero attached hydrogens (tertiary/aromatic N) is 3. The molecule has 10 heteroatoms. The Morgan fingerprint density at radius 2 is 1.87 bits per heavy atom. The third-order valence-corrected chi connectivity index (χ3v) is 6.32. The SMILES string of the molecule is Cc1ccc(S(=O)(=O)Nc2cnc(N(C)CCc3c(C)noc3C)c(C(=O)O)c2)cc1. The number of sulfonamides is 1. The van der Waals surface area contributed by atoms with Gasteiger partial charge in [-0.05, 0) is 45.4 Å². The number of benzene rings is 1. The average Bonchev–Trinajstić information content (AvgIpc) is 3.03. The minimum absolute atomic E-state index is 0.0702. The van der Waals surface area contributed by atoms with Crippen molar-refractivity contribution in [3.05, 3.63) is 64.7 Å². The molecule has 0 spiro atoms. The molecule has 2 aromatic heterocycles. The zero-order chi connectivity index (χ0) is 22.8. The number of pyridine rings is 1. The highest BCUT2D eigenvalue weighted by Gasteiger charge is 2.20. The average molecular weight is 445 g/mol. The van der Waals surface area contributed by atoms with Gasteiger partial charge in [-0.1, -0.05) is 22.9 Å². The first-order chi connectivity index (χ1) is 14.6. The van der Waals surface area contributed by atoms with Crippen LogP contribution in [-0.2, 0) is 16.4 Å². The van der Waals surface area contributed by atoms with E-state index in [1.165, 1.54) is 24.4 Å². The van der Waals surface area contributed by atoms with Crippen LogP contribution >= 0.6 is 0 Å². The molecule has 0 amide bonds. The topological polar surface area (TPSA) is 126 Å².